The predicted octanol–water partition coefficient (Wildman–Crippen LogP) is 21.4. The molecule has 0 saturated heterocycles. The maximum atomic E-state index is 12.9. The standard InChI is InChI=1S/C70H114O6/c1-4-7-10-13-16-19-22-25-27-29-30-31-32-33-34-35-36-37-38-39-40-41-43-45-48-51-54-57-60-63-69(72)75-66-67(65-74-68(71)62-59-56-53-50-47-44-24-21-18-15-12-9-6-3)76-70(73)64-61-58-55-52-49-46-42-28-26-23-20-17-14-11-8-5-2/h7,10,16,19,21,24-25,27-28,30-31,33-34,36-37,39-40,42-43,45,51,54,67H,4-6,8-9,11-15,17-18,20,22-23,26,29,32,35,38,41,44,46-50,52-53,55-66H2,1-3H3/b10-7-,19-16-,24-21-,27-25-,31-30-,34-33-,37-36-,40-39-,42-28-,45-43-,54-51-. The summed E-state index contributed by atoms with van der Waals surface area (Å²) in [5, 5.41) is 0. The Bertz CT molecular complexity index is 1630. The molecule has 0 fully saturated rings. The normalized spacial score (nSPS) is 13.0. The monoisotopic (exact) mass is 1050 g/mol. The number of esters is 3. The van der Waals surface area contributed by atoms with Crippen LogP contribution in [0.3, 0.4) is 0 Å². The average molecular weight is 1050 g/mol. The van der Waals surface area contributed by atoms with Crippen LogP contribution in [0, 0.1) is 0 Å². The van der Waals surface area contributed by atoms with Crippen molar-refractivity contribution in [3.8, 4) is 0 Å². The first-order valence-corrected chi connectivity index (χ1v) is 31.2. The molecule has 0 aromatic heterocycles. The van der Waals surface area contributed by atoms with Crippen molar-refractivity contribution in [3.05, 3.63) is 134 Å². The molecular formula is C70H114O6. The zero-order chi connectivity index (χ0) is 55.0. The molecule has 0 aromatic rings. The van der Waals surface area contributed by atoms with Crippen LogP contribution in [0.25, 0.3) is 0 Å². The van der Waals surface area contributed by atoms with E-state index in [0.717, 1.165) is 128 Å². The number of hydrogen-bond donors (Lipinski definition) is 0. The molecule has 0 saturated carbocycles. The molecule has 0 amide bonds. The van der Waals surface area contributed by atoms with Crippen LogP contribution in [0.5, 0.6) is 0 Å². The van der Waals surface area contributed by atoms with E-state index in [0.29, 0.717) is 19.3 Å². The molecule has 0 aliphatic heterocycles. The van der Waals surface area contributed by atoms with Crippen LogP contribution < -0.4 is 0 Å². The van der Waals surface area contributed by atoms with Crippen molar-refractivity contribution in [2.75, 3.05) is 13.2 Å². The molecule has 0 N–H and O–H groups in total. The molecule has 0 spiro atoms. The van der Waals surface area contributed by atoms with E-state index >= 15 is 0 Å². The van der Waals surface area contributed by atoms with Crippen LogP contribution in [0.1, 0.15) is 271 Å². The number of carbonyl (C=O) groups excluding carboxylic acids is 3. The summed E-state index contributed by atoms with van der Waals surface area (Å²) in [5.74, 6) is -0.986. The second-order valence-corrected chi connectivity index (χ2v) is 20.2. The number of ether oxygens (including phenoxy) is 3. The highest BCUT2D eigenvalue weighted by Crippen LogP contribution is 2.14. The summed E-state index contributed by atoms with van der Waals surface area (Å²) in [5.41, 5.74) is 0. The van der Waals surface area contributed by atoms with Gasteiger partial charge in [0.15, 0.2) is 6.10 Å². The fourth-order valence-corrected chi connectivity index (χ4v) is 8.20. The highest BCUT2D eigenvalue weighted by atomic mass is 16.6. The minimum Gasteiger partial charge on any atom is -0.462 e. The zero-order valence-electron chi connectivity index (χ0n) is 49.2. The maximum Gasteiger partial charge on any atom is 0.306 e. The third-order valence-electron chi connectivity index (χ3n) is 12.9. The van der Waals surface area contributed by atoms with Crippen LogP contribution in [-0.4, -0.2) is 37.2 Å². The number of hydrogen-bond acceptors (Lipinski definition) is 6. The smallest absolute Gasteiger partial charge is 0.306 e. The number of allylic oxidation sites excluding steroid dienone is 22. The molecule has 430 valence electrons. The second kappa shape index (κ2) is 63.1. The van der Waals surface area contributed by atoms with Gasteiger partial charge in [0.05, 0.1) is 0 Å². The molecule has 6 heteroatoms. The van der Waals surface area contributed by atoms with Gasteiger partial charge in [-0.2, -0.15) is 0 Å². The van der Waals surface area contributed by atoms with Gasteiger partial charge in [-0.1, -0.05) is 251 Å². The lowest BCUT2D eigenvalue weighted by Gasteiger charge is -2.18. The number of unbranched alkanes of at least 4 members (excludes halogenated alkanes) is 22. The molecule has 1 atom stereocenters. The van der Waals surface area contributed by atoms with Gasteiger partial charge in [0, 0.05) is 19.3 Å². The van der Waals surface area contributed by atoms with E-state index in [4.69, 9.17) is 14.2 Å². The van der Waals surface area contributed by atoms with E-state index in [2.05, 4.69) is 154 Å². The van der Waals surface area contributed by atoms with Crippen molar-refractivity contribution >= 4 is 17.9 Å². The molecule has 0 aliphatic carbocycles. The lowest BCUT2D eigenvalue weighted by atomic mass is 10.1. The Hall–Kier alpha value is -4.45. The minimum absolute atomic E-state index is 0.107. The van der Waals surface area contributed by atoms with Crippen LogP contribution in [0.2, 0.25) is 0 Å². The molecule has 0 heterocycles. The fourth-order valence-electron chi connectivity index (χ4n) is 8.20. The van der Waals surface area contributed by atoms with E-state index in [-0.39, 0.29) is 37.5 Å². The third kappa shape index (κ3) is 60.4. The van der Waals surface area contributed by atoms with Gasteiger partial charge < -0.3 is 14.2 Å². The topological polar surface area (TPSA) is 78.9 Å². The summed E-state index contributed by atoms with van der Waals surface area (Å²) < 4.78 is 16.8. The van der Waals surface area contributed by atoms with Gasteiger partial charge in [-0.15, -0.1) is 0 Å². The number of carbonyl (C=O) groups is 3. The number of rotatable bonds is 55. The largest absolute Gasteiger partial charge is 0.462 e. The van der Waals surface area contributed by atoms with Crippen molar-refractivity contribution in [2.45, 2.75) is 277 Å². The van der Waals surface area contributed by atoms with Gasteiger partial charge in [0.1, 0.15) is 13.2 Å². The Morgan fingerprint density at radius 1 is 0.276 bits per heavy atom. The molecule has 0 rings (SSSR count). The molecule has 6 nitrogen and oxygen atoms in total. The van der Waals surface area contributed by atoms with E-state index < -0.39 is 6.10 Å². The van der Waals surface area contributed by atoms with Gasteiger partial charge in [-0.05, 0) is 135 Å². The maximum absolute atomic E-state index is 12.9. The van der Waals surface area contributed by atoms with Crippen molar-refractivity contribution in [1.82, 2.24) is 0 Å². The molecular weight excluding hydrogens is 937 g/mol. The summed E-state index contributed by atoms with van der Waals surface area (Å²) in [6.07, 6.45) is 88.9. The summed E-state index contributed by atoms with van der Waals surface area (Å²) >= 11 is 0. The molecule has 0 bridgehead atoms. The Labute approximate surface area is 468 Å². The SMILES string of the molecule is CC/C=C\C/C=C\C/C=C\C/C=C\C/C=C\C/C=C\C/C=C\C/C=C\C/C=C\CCCC(=O)OCC(COC(=O)CCCCCCC/C=C\CCCCCC)OC(=O)CCCCCCC/C=C\CCCCCCCCC. The Kier molecular flexibility index (Phi) is 59.4. The van der Waals surface area contributed by atoms with Gasteiger partial charge in [0.2, 0.25) is 0 Å². The summed E-state index contributed by atoms with van der Waals surface area (Å²) in [6, 6.07) is 0. The molecule has 0 aromatic carbocycles. The highest BCUT2D eigenvalue weighted by Gasteiger charge is 2.19. The summed E-state index contributed by atoms with van der Waals surface area (Å²) in [4.78, 5) is 38.2. The Balaban J connectivity index is 4.45. The first-order valence-electron chi connectivity index (χ1n) is 31.2. The first kappa shape index (κ1) is 71.5. The first-order chi connectivity index (χ1) is 37.5. The van der Waals surface area contributed by atoms with Crippen molar-refractivity contribution in [2.24, 2.45) is 0 Å². The quantitative estimate of drug-likeness (QED) is 0.0261. The van der Waals surface area contributed by atoms with Gasteiger partial charge >= 0.3 is 17.9 Å². The molecule has 76 heavy (non-hydrogen) atoms. The minimum atomic E-state index is -0.814. The average Bonchev–Trinajstić information content (AvgIpc) is 3.42. The second-order valence-electron chi connectivity index (χ2n) is 20.2. The van der Waals surface area contributed by atoms with Crippen molar-refractivity contribution in [3.63, 3.8) is 0 Å². The van der Waals surface area contributed by atoms with Crippen molar-refractivity contribution in [1.29, 1.82) is 0 Å². The lowest BCUT2D eigenvalue weighted by Crippen LogP contribution is -2.30. The zero-order valence-corrected chi connectivity index (χ0v) is 49.2. The van der Waals surface area contributed by atoms with Crippen LogP contribution in [0.4, 0.5) is 0 Å². The lowest BCUT2D eigenvalue weighted by molar-refractivity contribution is -0.167. The van der Waals surface area contributed by atoms with Crippen LogP contribution in [0.15, 0.2) is 134 Å². The summed E-state index contributed by atoms with van der Waals surface area (Å²) in [6.45, 7) is 6.45. The van der Waals surface area contributed by atoms with Gasteiger partial charge in [-0.3, -0.25) is 14.4 Å². The third-order valence-corrected chi connectivity index (χ3v) is 12.9. The van der Waals surface area contributed by atoms with E-state index in [1.165, 1.54) is 96.3 Å². The fraction of sp³-hybridized carbons (Fsp3) is 0.643. The van der Waals surface area contributed by atoms with Crippen LogP contribution in [-0.2, 0) is 28.6 Å². The highest BCUT2D eigenvalue weighted by molar-refractivity contribution is 5.71. The summed E-state index contributed by atoms with van der Waals surface area (Å²) in [7, 11) is 0. The molecule has 1 unspecified atom stereocenters. The van der Waals surface area contributed by atoms with E-state index in [1.54, 1.807) is 0 Å². The van der Waals surface area contributed by atoms with E-state index in [1.807, 2.05) is 0 Å². The molecule has 0 aliphatic rings. The Morgan fingerprint density at radius 3 is 0.882 bits per heavy atom. The van der Waals surface area contributed by atoms with Crippen LogP contribution >= 0.6 is 0 Å². The molecule has 0 radical (unpaired) electrons. The van der Waals surface area contributed by atoms with E-state index in [9.17, 15) is 14.4 Å². The van der Waals surface area contributed by atoms with Gasteiger partial charge in [0.25, 0.3) is 0 Å². The predicted molar refractivity (Wildman–Crippen MR) is 329 cm³/mol. The Morgan fingerprint density at radius 2 is 0.526 bits per heavy atom. The van der Waals surface area contributed by atoms with Gasteiger partial charge in [-0.25, -0.2) is 0 Å². The van der Waals surface area contributed by atoms with Crippen molar-refractivity contribution < 1.29 is 28.6 Å².